The van der Waals surface area contributed by atoms with Crippen molar-refractivity contribution in [2.24, 2.45) is 0 Å². The highest BCUT2D eigenvalue weighted by atomic mass is 32.2. The highest BCUT2D eigenvalue weighted by molar-refractivity contribution is 7.88. The third-order valence-corrected chi connectivity index (χ3v) is 4.87. The number of piperidine rings is 1. The number of aromatic nitrogens is 2. The molecule has 0 aliphatic carbocycles. The first kappa shape index (κ1) is 18.8. The zero-order chi connectivity index (χ0) is 19.1. The fraction of sp³-hybridized carbons (Fsp3) is 0.467. The van der Waals surface area contributed by atoms with Crippen molar-refractivity contribution < 1.29 is 26.0 Å². The number of benzene rings is 1. The van der Waals surface area contributed by atoms with Gasteiger partial charge in [-0.25, -0.2) is 27.5 Å². The Kier molecular flexibility index (Phi) is 4.78. The Balaban J connectivity index is 2.02. The molecule has 1 N–H and O–H groups in total. The average molecular weight is 392 g/mol. The Hall–Kier alpha value is -2.01. The van der Waals surface area contributed by atoms with Gasteiger partial charge in [0.15, 0.2) is 0 Å². The smallest absolute Gasteiger partial charge is 0.354 e. The summed E-state index contributed by atoms with van der Waals surface area (Å²) in [7, 11) is -3.41. The molecule has 1 aromatic heterocycles. The molecular formula is C15H16F4N4O2S. The van der Waals surface area contributed by atoms with Gasteiger partial charge >= 0.3 is 6.18 Å². The summed E-state index contributed by atoms with van der Waals surface area (Å²) in [5, 5.41) is 0.0706. The molecule has 1 fully saturated rings. The number of fused-ring (bicyclic) bond motifs is 1. The van der Waals surface area contributed by atoms with E-state index in [0.29, 0.717) is 25.5 Å². The molecule has 0 bridgehead atoms. The molecule has 2 heterocycles. The SMILES string of the molecule is CS(=O)(=O)NC1CCCN(c2ncnc3cc(F)c(C(F)(F)F)cc23)C1. The van der Waals surface area contributed by atoms with Crippen LogP contribution in [0.25, 0.3) is 10.9 Å². The van der Waals surface area contributed by atoms with Crippen LogP contribution in [0.5, 0.6) is 0 Å². The molecular weight excluding hydrogens is 376 g/mol. The largest absolute Gasteiger partial charge is 0.419 e. The first-order valence-electron chi connectivity index (χ1n) is 7.78. The highest BCUT2D eigenvalue weighted by Crippen LogP contribution is 2.35. The van der Waals surface area contributed by atoms with E-state index in [-0.39, 0.29) is 29.3 Å². The second-order valence-corrected chi connectivity index (χ2v) is 8.00. The van der Waals surface area contributed by atoms with Gasteiger partial charge in [-0.1, -0.05) is 0 Å². The molecule has 0 radical (unpaired) electrons. The molecule has 0 amide bonds. The topological polar surface area (TPSA) is 75.2 Å². The lowest BCUT2D eigenvalue weighted by molar-refractivity contribution is -0.139. The minimum absolute atomic E-state index is 0.0543. The van der Waals surface area contributed by atoms with Gasteiger partial charge in [0.1, 0.15) is 18.0 Å². The van der Waals surface area contributed by atoms with Crippen LogP contribution < -0.4 is 9.62 Å². The van der Waals surface area contributed by atoms with Gasteiger partial charge in [-0.15, -0.1) is 0 Å². The van der Waals surface area contributed by atoms with Gasteiger partial charge in [0, 0.05) is 30.6 Å². The van der Waals surface area contributed by atoms with E-state index in [1.165, 1.54) is 0 Å². The van der Waals surface area contributed by atoms with E-state index in [0.717, 1.165) is 18.6 Å². The molecule has 1 aromatic carbocycles. The third-order valence-electron chi connectivity index (χ3n) is 4.11. The lowest BCUT2D eigenvalue weighted by atomic mass is 10.1. The van der Waals surface area contributed by atoms with Crippen molar-refractivity contribution in [1.29, 1.82) is 0 Å². The number of halogens is 4. The van der Waals surface area contributed by atoms with Crippen LogP contribution in [0.4, 0.5) is 23.4 Å². The first-order valence-corrected chi connectivity index (χ1v) is 9.67. The Morgan fingerprint density at radius 2 is 2.00 bits per heavy atom. The van der Waals surface area contributed by atoms with E-state index >= 15 is 0 Å². The summed E-state index contributed by atoms with van der Waals surface area (Å²) in [5.74, 6) is -1.18. The molecule has 0 saturated carbocycles. The number of nitrogens with one attached hydrogen (secondary N) is 1. The zero-order valence-electron chi connectivity index (χ0n) is 13.7. The van der Waals surface area contributed by atoms with E-state index < -0.39 is 27.6 Å². The Morgan fingerprint density at radius 3 is 2.65 bits per heavy atom. The normalized spacial score (nSPS) is 19.1. The van der Waals surface area contributed by atoms with Gasteiger partial charge in [-0.05, 0) is 18.9 Å². The lowest BCUT2D eigenvalue weighted by Crippen LogP contribution is -2.47. The maximum Gasteiger partial charge on any atom is 0.419 e. The Morgan fingerprint density at radius 1 is 1.27 bits per heavy atom. The average Bonchev–Trinajstić information content (AvgIpc) is 2.51. The number of alkyl halides is 3. The van der Waals surface area contributed by atoms with E-state index in [9.17, 15) is 26.0 Å². The summed E-state index contributed by atoms with van der Waals surface area (Å²) in [6, 6.07) is 1.05. The van der Waals surface area contributed by atoms with Gasteiger partial charge in [-0.2, -0.15) is 13.2 Å². The second kappa shape index (κ2) is 6.62. The predicted octanol–water partition coefficient (Wildman–Crippen LogP) is 2.31. The van der Waals surface area contributed by atoms with E-state index in [2.05, 4.69) is 14.7 Å². The minimum Gasteiger partial charge on any atom is -0.354 e. The first-order chi connectivity index (χ1) is 12.0. The van der Waals surface area contributed by atoms with Gasteiger partial charge in [0.25, 0.3) is 0 Å². The van der Waals surface area contributed by atoms with Crippen molar-refractivity contribution in [2.75, 3.05) is 24.2 Å². The summed E-state index contributed by atoms with van der Waals surface area (Å²) in [5.41, 5.74) is -1.33. The molecule has 1 saturated heterocycles. The monoisotopic (exact) mass is 392 g/mol. The van der Waals surface area contributed by atoms with Gasteiger partial charge < -0.3 is 4.90 Å². The summed E-state index contributed by atoms with van der Waals surface area (Å²) < 4.78 is 78.2. The number of sulfonamides is 1. The fourth-order valence-electron chi connectivity index (χ4n) is 3.10. The maximum absolute atomic E-state index is 13.8. The Labute approximate surface area is 147 Å². The maximum atomic E-state index is 13.8. The third kappa shape index (κ3) is 4.04. The summed E-state index contributed by atoms with van der Waals surface area (Å²) >= 11 is 0. The van der Waals surface area contributed by atoms with Crippen molar-refractivity contribution in [2.45, 2.75) is 25.1 Å². The van der Waals surface area contributed by atoms with Crippen molar-refractivity contribution in [3.63, 3.8) is 0 Å². The van der Waals surface area contributed by atoms with Crippen LogP contribution in [-0.2, 0) is 16.2 Å². The van der Waals surface area contributed by atoms with Gasteiger partial charge in [0.2, 0.25) is 10.0 Å². The number of hydrogen-bond donors (Lipinski definition) is 1. The van der Waals surface area contributed by atoms with Gasteiger partial charge in [0.05, 0.1) is 17.3 Å². The summed E-state index contributed by atoms with van der Waals surface area (Å²) in [4.78, 5) is 9.59. The fourth-order valence-corrected chi connectivity index (χ4v) is 3.90. The number of rotatable bonds is 3. The molecule has 1 aliphatic rings. The highest BCUT2D eigenvalue weighted by Gasteiger charge is 2.35. The van der Waals surface area contributed by atoms with Crippen LogP contribution in [0, 0.1) is 5.82 Å². The Bertz CT molecular complexity index is 933. The summed E-state index contributed by atoms with van der Waals surface area (Å²) in [6.07, 6.45) is -1.41. The molecule has 26 heavy (non-hydrogen) atoms. The molecule has 11 heteroatoms. The molecule has 142 valence electrons. The quantitative estimate of drug-likeness (QED) is 0.812. The van der Waals surface area contributed by atoms with E-state index in [4.69, 9.17) is 0 Å². The van der Waals surface area contributed by atoms with Crippen molar-refractivity contribution >= 4 is 26.7 Å². The van der Waals surface area contributed by atoms with E-state index in [1.54, 1.807) is 4.90 Å². The van der Waals surface area contributed by atoms with Crippen LogP contribution in [0.15, 0.2) is 18.5 Å². The molecule has 0 spiro atoms. The van der Waals surface area contributed by atoms with Crippen LogP contribution in [-0.4, -0.2) is 43.8 Å². The number of hydrogen-bond acceptors (Lipinski definition) is 5. The van der Waals surface area contributed by atoms with Crippen molar-refractivity contribution in [1.82, 2.24) is 14.7 Å². The van der Waals surface area contributed by atoms with Crippen LogP contribution in [0.2, 0.25) is 0 Å². The molecule has 3 rings (SSSR count). The lowest BCUT2D eigenvalue weighted by Gasteiger charge is -2.34. The number of anilines is 1. The minimum atomic E-state index is -4.84. The van der Waals surface area contributed by atoms with Crippen molar-refractivity contribution in [3.8, 4) is 0 Å². The molecule has 1 aliphatic heterocycles. The van der Waals surface area contributed by atoms with Crippen LogP contribution >= 0.6 is 0 Å². The summed E-state index contributed by atoms with van der Waals surface area (Å²) in [6.45, 7) is 0.741. The molecule has 1 atom stereocenters. The van der Waals surface area contributed by atoms with Crippen LogP contribution in [0.3, 0.4) is 0 Å². The zero-order valence-corrected chi connectivity index (χ0v) is 14.5. The molecule has 6 nitrogen and oxygen atoms in total. The molecule has 1 unspecified atom stereocenters. The number of nitrogens with zero attached hydrogens (tertiary/aromatic N) is 3. The molecule has 2 aromatic rings. The predicted molar refractivity (Wildman–Crippen MR) is 87.7 cm³/mol. The van der Waals surface area contributed by atoms with Crippen molar-refractivity contribution in [3.05, 3.63) is 29.8 Å². The van der Waals surface area contributed by atoms with Crippen LogP contribution in [0.1, 0.15) is 18.4 Å². The standard InChI is InChI=1S/C15H16F4N4O2S/c1-26(24,25)22-9-3-2-4-23(7-9)14-10-5-11(15(17,18)19)12(16)6-13(10)20-8-21-14/h5-6,8-9,22H,2-4,7H2,1H3. The van der Waals surface area contributed by atoms with Gasteiger partial charge in [-0.3, -0.25) is 0 Å². The second-order valence-electron chi connectivity index (χ2n) is 6.22. The van der Waals surface area contributed by atoms with E-state index in [1.807, 2.05) is 0 Å².